The number of nitrogens with one attached hydrogen (secondary N) is 2. The predicted octanol–water partition coefficient (Wildman–Crippen LogP) is 2.97. The smallest absolute Gasteiger partial charge is 0.407 e. The molecule has 31 heavy (non-hydrogen) atoms. The second-order valence-corrected chi connectivity index (χ2v) is 6.90. The van der Waals surface area contributed by atoms with Crippen molar-refractivity contribution < 1.29 is 23.9 Å². The zero-order chi connectivity index (χ0) is 22.1. The molecular formula is C24H24N2O5. The highest BCUT2D eigenvalue weighted by Crippen LogP contribution is 2.20. The first-order valence-corrected chi connectivity index (χ1v) is 9.85. The van der Waals surface area contributed by atoms with Crippen molar-refractivity contribution >= 4 is 28.7 Å². The third-order valence-electron chi connectivity index (χ3n) is 4.73. The van der Waals surface area contributed by atoms with Gasteiger partial charge in [0.15, 0.2) is 0 Å². The highest BCUT2D eigenvalue weighted by Gasteiger charge is 2.23. The molecule has 0 aliphatic heterocycles. The Kier molecular flexibility index (Phi) is 7.59. The number of rotatable bonds is 8. The van der Waals surface area contributed by atoms with Crippen molar-refractivity contribution in [2.24, 2.45) is 0 Å². The lowest BCUT2D eigenvalue weighted by molar-refractivity contribution is -0.144. The largest absolute Gasteiger partial charge is 0.467 e. The van der Waals surface area contributed by atoms with Crippen molar-refractivity contribution in [3.05, 3.63) is 83.9 Å². The van der Waals surface area contributed by atoms with Crippen LogP contribution in [0.2, 0.25) is 0 Å². The minimum atomic E-state index is -0.884. The molecule has 0 aromatic heterocycles. The van der Waals surface area contributed by atoms with E-state index in [4.69, 9.17) is 9.47 Å². The topological polar surface area (TPSA) is 93.7 Å². The van der Waals surface area contributed by atoms with E-state index in [0.717, 1.165) is 21.9 Å². The molecule has 3 aromatic carbocycles. The van der Waals surface area contributed by atoms with Crippen LogP contribution in [0.3, 0.4) is 0 Å². The maximum Gasteiger partial charge on any atom is 0.407 e. The van der Waals surface area contributed by atoms with E-state index in [0.29, 0.717) is 0 Å². The zero-order valence-electron chi connectivity index (χ0n) is 17.2. The molecule has 0 saturated carbocycles. The monoisotopic (exact) mass is 420 g/mol. The molecule has 0 bridgehead atoms. The number of esters is 1. The minimum absolute atomic E-state index is 0.0974. The number of amides is 2. The third-order valence-corrected chi connectivity index (χ3v) is 4.73. The van der Waals surface area contributed by atoms with Gasteiger partial charge in [-0.1, -0.05) is 72.8 Å². The molecule has 0 aliphatic rings. The molecule has 0 saturated heterocycles. The number of hydrogen-bond donors (Lipinski definition) is 2. The molecule has 0 heterocycles. The summed E-state index contributed by atoms with van der Waals surface area (Å²) >= 11 is 0. The number of methoxy groups -OCH3 is 1. The Bertz CT molecular complexity index is 1050. The van der Waals surface area contributed by atoms with Gasteiger partial charge in [-0.2, -0.15) is 0 Å². The van der Waals surface area contributed by atoms with Gasteiger partial charge in [-0.05, 0) is 21.9 Å². The second-order valence-electron chi connectivity index (χ2n) is 6.90. The number of carbonyl (C=O) groups excluding carboxylic acids is 3. The van der Waals surface area contributed by atoms with Crippen molar-refractivity contribution in [2.75, 3.05) is 13.7 Å². The van der Waals surface area contributed by atoms with E-state index in [-0.39, 0.29) is 19.6 Å². The molecule has 2 N–H and O–H groups in total. The molecule has 3 aromatic rings. The fourth-order valence-electron chi connectivity index (χ4n) is 3.20. The first-order chi connectivity index (χ1) is 15.1. The van der Waals surface area contributed by atoms with Gasteiger partial charge in [-0.3, -0.25) is 4.79 Å². The molecule has 3 rings (SSSR count). The van der Waals surface area contributed by atoms with Crippen LogP contribution >= 0.6 is 0 Å². The van der Waals surface area contributed by atoms with Crippen LogP contribution in [0.25, 0.3) is 10.8 Å². The summed E-state index contributed by atoms with van der Waals surface area (Å²) in [5.74, 6) is -1.08. The van der Waals surface area contributed by atoms with Gasteiger partial charge in [-0.15, -0.1) is 0 Å². The maximum atomic E-state index is 12.3. The lowest BCUT2D eigenvalue weighted by Gasteiger charge is -2.18. The summed E-state index contributed by atoms with van der Waals surface area (Å²) in [5, 5.41) is 7.05. The van der Waals surface area contributed by atoms with Crippen molar-refractivity contribution in [1.82, 2.24) is 10.6 Å². The maximum absolute atomic E-state index is 12.3. The summed E-state index contributed by atoms with van der Waals surface area (Å²) < 4.78 is 9.92. The lowest BCUT2D eigenvalue weighted by atomic mass is 9.98. The van der Waals surface area contributed by atoms with E-state index < -0.39 is 24.0 Å². The molecule has 7 nitrogen and oxygen atoms in total. The van der Waals surface area contributed by atoms with E-state index >= 15 is 0 Å². The molecule has 7 heteroatoms. The Morgan fingerprint density at radius 3 is 2.39 bits per heavy atom. The van der Waals surface area contributed by atoms with E-state index in [1.807, 2.05) is 72.8 Å². The molecule has 0 fully saturated rings. The fraction of sp³-hybridized carbons (Fsp3) is 0.208. The van der Waals surface area contributed by atoms with Crippen molar-refractivity contribution in [3.8, 4) is 0 Å². The van der Waals surface area contributed by atoms with Gasteiger partial charge in [-0.25, -0.2) is 9.59 Å². The highest BCUT2D eigenvalue weighted by molar-refractivity contribution is 5.89. The quantitative estimate of drug-likeness (QED) is 0.547. The number of carbonyl (C=O) groups is 3. The van der Waals surface area contributed by atoms with Crippen LogP contribution in [-0.4, -0.2) is 37.7 Å². The molecule has 0 aliphatic carbocycles. The Morgan fingerprint density at radius 2 is 1.61 bits per heavy atom. The second kappa shape index (κ2) is 10.8. The predicted molar refractivity (Wildman–Crippen MR) is 116 cm³/mol. The summed E-state index contributed by atoms with van der Waals surface area (Å²) in [4.78, 5) is 36.4. The molecule has 2 amide bonds. The van der Waals surface area contributed by atoms with Crippen LogP contribution in [-0.2, 0) is 32.1 Å². The Hall–Kier alpha value is -3.87. The molecular weight excluding hydrogens is 396 g/mol. The summed E-state index contributed by atoms with van der Waals surface area (Å²) in [6.45, 7) is -0.225. The van der Waals surface area contributed by atoms with Crippen molar-refractivity contribution in [1.29, 1.82) is 0 Å². The number of alkyl carbamates (subject to hydrolysis) is 1. The van der Waals surface area contributed by atoms with Gasteiger partial charge < -0.3 is 20.1 Å². The van der Waals surface area contributed by atoms with E-state index in [2.05, 4.69) is 10.6 Å². The number of fused-ring (bicyclic) bond motifs is 1. The molecule has 0 unspecified atom stereocenters. The number of ether oxygens (including phenoxy) is 2. The Labute approximate surface area is 180 Å². The van der Waals surface area contributed by atoms with E-state index in [1.165, 1.54) is 7.11 Å². The van der Waals surface area contributed by atoms with Crippen LogP contribution in [0.15, 0.2) is 72.8 Å². The Morgan fingerprint density at radius 1 is 0.903 bits per heavy atom. The van der Waals surface area contributed by atoms with E-state index in [1.54, 1.807) is 0 Å². The molecule has 160 valence electrons. The van der Waals surface area contributed by atoms with Gasteiger partial charge in [0, 0.05) is 6.42 Å². The van der Waals surface area contributed by atoms with Gasteiger partial charge in [0.1, 0.15) is 19.2 Å². The summed E-state index contributed by atoms with van der Waals surface area (Å²) in [6.07, 6.45) is -0.458. The fourth-order valence-corrected chi connectivity index (χ4v) is 3.20. The average Bonchev–Trinajstić information content (AvgIpc) is 2.81. The number of hydrogen-bond acceptors (Lipinski definition) is 5. The lowest BCUT2D eigenvalue weighted by Crippen LogP contribution is -2.47. The SMILES string of the molecule is COC(=O)[C@@H](Cc1cccc2ccccc12)NC(=O)CNC(=O)OCc1ccccc1. The number of benzene rings is 3. The molecule has 0 radical (unpaired) electrons. The van der Waals surface area contributed by atoms with Crippen LogP contribution in [0.4, 0.5) is 4.79 Å². The van der Waals surface area contributed by atoms with Crippen LogP contribution in [0.5, 0.6) is 0 Å². The van der Waals surface area contributed by atoms with Crippen LogP contribution < -0.4 is 10.6 Å². The van der Waals surface area contributed by atoms with Gasteiger partial charge >= 0.3 is 12.1 Å². The summed E-state index contributed by atoms with van der Waals surface area (Å²) in [6, 6.07) is 21.9. The summed E-state index contributed by atoms with van der Waals surface area (Å²) in [5.41, 5.74) is 1.74. The minimum Gasteiger partial charge on any atom is -0.467 e. The first kappa shape index (κ1) is 21.8. The standard InChI is InChI=1S/C24H24N2O5/c1-30-23(28)21(14-19-12-7-11-18-10-5-6-13-20(18)19)26-22(27)15-25-24(29)31-16-17-8-3-2-4-9-17/h2-13,21H,14-16H2,1H3,(H,25,29)(H,26,27)/t21-/m1/s1. The zero-order valence-corrected chi connectivity index (χ0v) is 17.2. The molecule has 0 spiro atoms. The van der Waals surface area contributed by atoms with Crippen LogP contribution in [0.1, 0.15) is 11.1 Å². The van der Waals surface area contributed by atoms with Crippen molar-refractivity contribution in [3.63, 3.8) is 0 Å². The van der Waals surface area contributed by atoms with Gasteiger partial charge in [0.2, 0.25) is 5.91 Å². The first-order valence-electron chi connectivity index (χ1n) is 9.85. The molecule has 1 atom stereocenters. The normalized spacial score (nSPS) is 11.4. The van der Waals surface area contributed by atoms with Gasteiger partial charge in [0.25, 0.3) is 0 Å². The summed E-state index contributed by atoms with van der Waals surface area (Å²) in [7, 11) is 1.27. The van der Waals surface area contributed by atoms with Crippen LogP contribution in [0, 0.1) is 0 Å². The average molecular weight is 420 g/mol. The van der Waals surface area contributed by atoms with Crippen molar-refractivity contribution in [2.45, 2.75) is 19.1 Å². The Balaban J connectivity index is 1.56. The third kappa shape index (κ3) is 6.30. The highest BCUT2D eigenvalue weighted by atomic mass is 16.5. The van der Waals surface area contributed by atoms with E-state index in [9.17, 15) is 14.4 Å². The van der Waals surface area contributed by atoms with Gasteiger partial charge in [0.05, 0.1) is 7.11 Å².